The molecule has 0 aromatic heterocycles. The van der Waals surface area contributed by atoms with Crippen molar-refractivity contribution in [3.8, 4) is 5.75 Å². The maximum Gasteiger partial charge on any atom is 0.119 e. The van der Waals surface area contributed by atoms with Crippen molar-refractivity contribution in [3.63, 3.8) is 0 Å². The third-order valence-corrected chi connectivity index (χ3v) is 12.6. The van der Waals surface area contributed by atoms with Crippen molar-refractivity contribution in [2.45, 2.75) is 68.5 Å². The highest BCUT2D eigenvalue weighted by Gasteiger charge is 2.77. The van der Waals surface area contributed by atoms with E-state index in [4.69, 9.17) is 4.74 Å². The molecular weight excluding hydrogens is 464 g/mol. The second-order valence-corrected chi connectivity index (χ2v) is 13.8. The zero-order valence-corrected chi connectivity index (χ0v) is 22.9. The van der Waals surface area contributed by atoms with Gasteiger partial charge in [-0.2, -0.15) is 0 Å². The molecule has 4 aliphatic carbocycles. The van der Waals surface area contributed by atoms with E-state index in [1.807, 2.05) is 7.11 Å². The summed E-state index contributed by atoms with van der Waals surface area (Å²) in [6.07, 6.45) is 9.67. The van der Waals surface area contributed by atoms with Gasteiger partial charge in [-0.1, -0.05) is 42.5 Å². The molecule has 0 radical (unpaired) electrons. The van der Waals surface area contributed by atoms with Crippen molar-refractivity contribution in [2.24, 2.45) is 23.2 Å². The van der Waals surface area contributed by atoms with Crippen LogP contribution in [0.15, 0.2) is 60.7 Å². The van der Waals surface area contributed by atoms with Gasteiger partial charge in [0.05, 0.1) is 7.11 Å². The standard InChI is InChI=1S/C35H40N2O/c1-36-30-13-14-34-20-28(33(36)26-10-9-23-5-3-4-6-24(23)17-26)32(30)35(34)15-16-37(21-22-7-8-22)31(34)18-25-11-12-27(38-2)19-29(25)35/h3-6,9-12,17,19,22,28,30-33H,7-8,13-16,18,20-21H2,1-2H3/t28-,30+,31+,32+,33+,34+,35+/m0/s1. The molecule has 0 spiro atoms. The third-order valence-electron chi connectivity index (χ3n) is 12.6. The highest BCUT2D eigenvalue weighted by molar-refractivity contribution is 5.83. The Morgan fingerprint density at radius 2 is 1.82 bits per heavy atom. The van der Waals surface area contributed by atoms with Gasteiger partial charge < -0.3 is 4.74 Å². The zero-order chi connectivity index (χ0) is 25.2. The molecule has 4 bridgehead atoms. The lowest BCUT2D eigenvalue weighted by Gasteiger charge is -2.66. The van der Waals surface area contributed by atoms with Crippen molar-refractivity contribution >= 4 is 10.8 Å². The molecular formula is C35H40N2O. The van der Waals surface area contributed by atoms with Gasteiger partial charge in [-0.15, -0.1) is 0 Å². The van der Waals surface area contributed by atoms with Gasteiger partial charge in [0.2, 0.25) is 0 Å². The molecule has 9 rings (SSSR count). The molecule has 0 N–H and O–H groups in total. The first-order valence-corrected chi connectivity index (χ1v) is 15.2. The summed E-state index contributed by atoms with van der Waals surface area (Å²) in [6.45, 7) is 2.64. The minimum atomic E-state index is 0.299. The molecule has 3 nitrogen and oxygen atoms in total. The average molecular weight is 505 g/mol. The highest BCUT2D eigenvalue weighted by atomic mass is 16.5. The Morgan fingerprint density at radius 1 is 0.947 bits per heavy atom. The molecule has 3 aromatic rings. The molecule has 0 amide bonds. The number of likely N-dealkylation sites (tertiary alicyclic amines) is 2. The second-order valence-electron chi connectivity index (χ2n) is 13.8. The average Bonchev–Trinajstić information content (AvgIpc) is 3.68. The molecule has 3 saturated carbocycles. The predicted octanol–water partition coefficient (Wildman–Crippen LogP) is 6.60. The number of fused-ring (bicyclic) bond motifs is 2. The summed E-state index contributed by atoms with van der Waals surface area (Å²) >= 11 is 0. The highest BCUT2D eigenvalue weighted by Crippen LogP contribution is 2.78. The van der Waals surface area contributed by atoms with Crippen molar-refractivity contribution in [2.75, 3.05) is 27.2 Å². The molecule has 2 heterocycles. The molecule has 3 heteroatoms. The van der Waals surface area contributed by atoms with Crippen LogP contribution < -0.4 is 4.74 Å². The van der Waals surface area contributed by atoms with E-state index in [9.17, 15) is 0 Å². The number of ether oxygens (including phenoxy) is 1. The largest absolute Gasteiger partial charge is 0.497 e. The normalized spacial score (nSPS) is 39.3. The van der Waals surface area contributed by atoms with Crippen LogP contribution in [0.2, 0.25) is 0 Å². The molecule has 7 atom stereocenters. The fourth-order valence-corrected chi connectivity index (χ4v) is 11.2. The zero-order valence-electron chi connectivity index (χ0n) is 22.9. The van der Waals surface area contributed by atoms with E-state index in [1.165, 1.54) is 68.8 Å². The summed E-state index contributed by atoms with van der Waals surface area (Å²) in [7, 11) is 4.31. The van der Waals surface area contributed by atoms with Crippen LogP contribution in [0.5, 0.6) is 5.75 Å². The van der Waals surface area contributed by atoms with Crippen LogP contribution in [-0.4, -0.2) is 49.1 Å². The van der Waals surface area contributed by atoms with Gasteiger partial charge in [0.25, 0.3) is 0 Å². The Morgan fingerprint density at radius 3 is 2.66 bits per heavy atom. The Bertz CT molecular complexity index is 1440. The second kappa shape index (κ2) is 7.64. The van der Waals surface area contributed by atoms with Crippen molar-refractivity contribution < 1.29 is 4.74 Å². The molecule has 0 unspecified atom stereocenters. The van der Waals surface area contributed by atoms with Gasteiger partial charge in [0.15, 0.2) is 0 Å². The lowest BCUT2D eigenvalue weighted by Crippen LogP contribution is -2.69. The molecule has 196 valence electrons. The molecule has 2 aliphatic heterocycles. The number of nitrogens with zero attached hydrogens (tertiary/aromatic N) is 2. The van der Waals surface area contributed by atoms with Crippen molar-refractivity contribution in [1.29, 1.82) is 0 Å². The predicted molar refractivity (Wildman–Crippen MR) is 153 cm³/mol. The quantitative estimate of drug-likeness (QED) is 0.398. The number of piperidine rings is 1. The Labute approximate surface area is 227 Å². The Hall–Kier alpha value is -2.36. The molecule has 5 fully saturated rings. The lowest BCUT2D eigenvalue weighted by atomic mass is 9.43. The van der Waals surface area contributed by atoms with Crippen LogP contribution in [0.1, 0.15) is 61.3 Å². The van der Waals surface area contributed by atoms with Gasteiger partial charge in [0.1, 0.15) is 5.75 Å². The minimum absolute atomic E-state index is 0.299. The van der Waals surface area contributed by atoms with E-state index in [-0.39, 0.29) is 0 Å². The van der Waals surface area contributed by atoms with Gasteiger partial charge in [-0.25, -0.2) is 0 Å². The number of rotatable bonds is 4. The molecule has 2 saturated heterocycles. The van der Waals surface area contributed by atoms with Crippen LogP contribution in [0.25, 0.3) is 10.8 Å². The first kappa shape index (κ1) is 22.5. The third kappa shape index (κ3) is 2.68. The summed E-state index contributed by atoms with van der Waals surface area (Å²) in [6, 6.07) is 25.4. The van der Waals surface area contributed by atoms with Crippen molar-refractivity contribution in [3.05, 3.63) is 77.4 Å². The first-order valence-electron chi connectivity index (χ1n) is 15.2. The summed E-state index contributed by atoms with van der Waals surface area (Å²) in [4.78, 5) is 5.83. The van der Waals surface area contributed by atoms with E-state index in [0.29, 0.717) is 29.0 Å². The van der Waals surface area contributed by atoms with E-state index >= 15 is 0 Å². The lowest BCUT2D eigenvalue weighted by molar-refractivity contribution is -0.105. The summed E-state index contributed by atoms with van der Waals surface area (Å²) in [5.74, 6) is 3.50. The summed E-state index contributed by atoms with van der Waals surface area (Å²) < 4.78 is 5.87. The smallest absolute Gasteiger partial charge is 0.119 e. The monoisotopic (exact) mass is 504 g/mol. The van der Waals surface area contributed by atoms with Crippen LogP contribution in [-0.2, 0) is 11.8 Å². The minimum Gasteiger partial charge on any atom is -0.497 e. The molecule has 6 aliphatic rings. The molecule has 3 aromatic carbocycles. The van der Waals surface area contributed by atoms with Gasteiger partial charge in [-0.05, 0) is 127 Å². The number of methoxy groups -OCH3 is 1. The summed E-state index contributed by atoms with van der Waals surface area (Å²) in [5.41, 5.74) is 5.58. The molecule has 38 heavy (non-hydrogen) atoms. The first-order chi connectivity index (χ1) is 18.6. The van der Waals surface area contributed by atoms with E-state index in [2.05, 4.69) is 77.5 Å². The van der Waals surface area contributed by atoms with Gasteiger partial charge in [0, 0.05) is 30.1 Å². The maximum atomic E-state index is 5.87. The SMILES string of the molecule is COc1ccc2c(c1)[C@@]13CCN(CC4CC4)[C@H](C2)[C@]12CC[C@@H]1[C@H]3[C@H](C2)[C@@H](c2ccc3ccccc3c2)N1C. The van der Waals surface area contributed by atoms with Crippen LogP contribution in [0, 0.1) is 23.2 Å². The van der Waals surface area contributed by atoms with Crippen LogP contribution >= 0.6 is 0 Å². The Balaban J connectivity index is 1.22. The van der Waals surface area contributed by atoms with Crippen molar-refractivity contribution in [1.82, 2.24) is 9.80 Å². The summed E-state index contributed by atoms with van der Waals surface area (Å²) in [5, 5.41) is 2.75. The topological polar surface area (TPSA) is 15.7 Å². The maximum absolute atomic E-state index is 5.87. The van der Waals surface area contributed by atoms with Crippen LogP contribution in [0.4, 0.5) is 0 Å². The van der Waals surface area contributed by atoms with E-state index in [1.54, 1.807) is 16.7 Å². The number of hydrogen-bond acceptors (Lipinski definition) is 3. The Kier molecular flexibility index (Phi) is 4.51. The van der Waals surface area contributed by atoms with Crippen LogP contribution in [0.3, 0.4) is 0 Å². The fourth-order valence-electron chi connectivity index (χ4n) is 11.2. The van der Waals surface area contributed by atoms with E-state index < -0.39 is 0 Å². The van der Waals surface area contributed by atoms with Gasteiger partial charge in [-0.3, -0.25) is 9.80 Å². The fraction of sp³-hybridized carbons (Fsp3) is 0.543. The number of hydrogen-bond donors (Lipinski definition) is 0. The van der Waals surface area contributed by atoms with E-state index in [0.717, 1.165) is 23.5 Å². The van der Waals surface area contributed by atoms with Gasteiger partial charge >= 0.3 is 0 Å². The number of benzene rings is 3.